The van der Waals surface area contributed by atoms with Crippen LogP contribution in [0.25, 0.3) is 0 Å². The Balaban J connectivity index is 2.23. The molecule has 2 atom stereocenters. The van der Waals surface area contributed by atoms with Gasteiger partial charge in [0.1, 0.15) is 4.93 Å². The van der Waals surface area contributed by atoms with Crippen molar-refractivity contribution in [3.8, 4) is 0 Å². The second-order valence-corrected chi connectivity index (χ2v) is 3.85. The first kappa shape index (κ1) is 6.31. The minimum atomic E-state index is -0.0527. The fourth-order valence-corrected chi connectivity index (χ4v) is 2.16. The minimum Gasteiger partial charge on any atom is -0.399 e. The summed E-state index contributed by atoms with van der Waals surface area (Å²) in [5, 5.41) is 0.461. The highest BCUT2D eigenvalue weighted by Gasteiger charge is 2.54. The Morgan fingerprint density at radius 1 is 1.80 bits per heavy atom. The molecule has 1 saturated heterocycles. The summed E-state index contributed by atoms with van der Waals surface area (Å²) in [6, 6.07) is 0. The standard InChI is InChI=1S/C7H9NOS/c1-9-7-3-2-5(8)4-6(7)10-7/h2-4,6H,8H2,1H3. The quantitative estimate of drug-likeness (QED) is 0.570. The third kappa shape index (κ3) is 0.707. The highest BCUT2D eigenvalue weighted by Crippen LogP contribution is 2.57. The van der Waals surface area contributed by atoms with Crippen LogP contribution >= 0.6 is 11.8 Å². The molecule has 0 amide bonds. The molecule has 0 saturated carbocycles. The van der Waals surface area contributed by atoms with Crippen LogP contribution in [0.5, 0.6) is 0 Å². The van der Waals surface area contributed by atoms with Gasteiger partial charge in [0.05, 0.1) is 5.25 Å². The lowest BCUT2D eigenvalue weighted by Gasteiger charge is -2.09. The molecule has 1 aliphatic heterocycles. The summed E-state index contributed by atoms with van der Waals surface area (Å²) in [4.78, 5) is -0.0527. The van der Waals surface area contributed by atoms with Gasteiger partial charge in [0.25, 0.3) is 0 Å². The van der Waals surface area contributed by atoms with E-state index in [0.717, 1.165) is 5.70 Å². The predicted molar refractivity (Wildman–Crippen MR) is 42.5 cm³/mol. The number of fused-ring (bicyclic) bond motifs is 1. The Labute approximate surface area is 64.1 Å². The molecule has 0 spiro atoms. The third-order valence-corrected chi connectivity index (χ3v) is 3.23. The molecule has 0 aromatic heterocycles. The van der Waals surface area contributed by atoms with Crippen molar-refractivity contribution in [2.45, 2.75) is 10.2 Å². The number of ether oxygens (including phenoxy) is 1. The van der Waals surface area contributed by atoms with Gasteiger partial charge >= 0.3 is 0 Å². The van der Waals surface area contributed by atoms with Gasteiger partial charge in [-0.1, -0.05) is 0 Å². The van der Waals surface area contributed by atoms with Gasteiger partial charge in [-0.2, -0.15) is 0 Å². The van der Waals surface area contributed by atoms with E-state index >= 15 is 0 Å². The van der Waals surface area contributed by atoms with E-state index in [9.17, 15) is 0 Å². The predicted octanol–water partition coefficient (Wildman–Crippen LogP) is 0.857. The molecule has 2 N–H and O–H groups in total. The van der Waals surface area contributed by atoms with Crippen molar-refractivity contribution < 1.29 is 4.74 Å². The van der Waals surface area contributed by atoms with E-state index in [1.165, 1.54) is 0 Å². The van der Waals surface area contributed by atoms with Crippen molar-refractivity contribution in [3.05, 3.63) is 23.9 Å². The van der Waals surface area contributed by atoms with E-state index in [4.69, 9.17) is 10.5 Å². The summed E-state index contributed by atoms with van der Waals surface area (Å²) >= 11 is 1.78. The number of nitrogens with two attached hydrogens (primary N) is 1. The monoisotopic (exact) mass is 155 g/mol. The second-order valence-electron chi connectivity index (χ2n) is 2.46. The molecule has 0 aromatic rings. The zero-order valence-corrected chi connectivity index (χ0v) is 6.52. The molecular weight excluding hydrogens is 146 g/mol. The van der Waals surface area contributed by atoms with Crippen LogP contribution in [0.1, 0.15) is 0 Å². The zero-order chi connectivity index (χ0) is 7.19. The largest absolute Gasteiger partial charge is 0.399 e. The minimum absolute atomic E-state index is 0.0527. The maximum Gasteiger partial charge on any atom is 0.148 e. The molecule has 3 heteroatoms. The van der Waals surface area contributed by atoms with Crippen LogP contribution in [0.3, 0.4) is 0 Å². The first-order chi connectivity index (χ1) is 4.77. The SMILES string of the molecule is COC12C=CC(N)=CC1S2. The van der Waals surface area contributed by atoms with Gasteiger partial charge in [-0.25, -0.2) is 0 Å². The first-order valence-electron chi connectivity index (χ1n) is 3.16. The summed E-state index contributed by atoms with van der Waals surface area (Å²) in [6.07, 6.45) is 5.96. The van der Waals surface area contributed by atoms with E-state index in [2.05, 4.69) is 0 Å². The molecule has 2 nitrogen and oxygen atoms in total. The first-order valence-corrected chi connectivity index (χ1v) is 4.04. The molecule has 2 rings (SSSR count). The van der Waals surface area contributed by atoms with Crippen molar-refractivity contribution in [2.75, 3.05) is 7.11 Å². The van der Waals surface area contributed by atoms with Crippen molar-refractivity contribution in [1.82, 2.24) is 0 Å². The number of hydrogen-bond donors (Lipinski definition) is 1. The van der Waals surface area contributed by atoms with Gasteiger partial charge in [-0.15, -0.1) is 11.8 Å². The molecule has 0 aromatic carbocycles. The van der Waals surface area contributed by atoms with Crippen LogP contribution in [0, 0.1) is 0 Å². The van der Waals surface area contributed by atoms with Gasteiger partial charge in [0.15, 0.2) is 0 Å². The van der Waals surface area contributed by atoms with Gasteiger partial charge in [-0.05, 0) is 18.2 Å². The lowest BCUT2D eigenvalue weighted by Crippen LogP contribution is -2.16. The smallest absolute Gasteiger partial charge is 0.148 e. The molecule has 2 unspecified atom stereocenters. The average molecular weight is 155 g/mol. The van der Waals surface area contributed by atoms with Crippen molar-refractivity contribution in [1.29, 1.82) is 0 Å². The fourth-order valence-electron chi connectivity index (χ4n) is 1.12. The Hall–Kier alpha value is -0.410. The highest BCUT2D eigenvalue weighted by atomic mass is 32.2. The molecule has 0 radical (unpaired) electrons. The Bertz CT molecular complexity index is 224. The van der Waals surface area contributed by atoms with Crippen LogP contribution in [-0.4, -0.2) is 17.3 Å². The van der Waals surface area contributed by atoms with Crippen LogP contribution in [0.2, 0.25) is 0 Å². The second kappa shape index (κ2) is 1.80. The number of allylic oxidation sites excluding steroid dienone is 1. The fraction of sp³-hybridized carbons (Fsp3) is 0.429. The van der Waals surface area contributed by atoms with Crippen LogP contribution in [0.15, 0.2) is 23.9 Å². The number of rotatable bonds is 1. The van der Waals surface area contributed by atoms with Crippen molar-refractivity contribution in [2.24, 2.45) is 5.73 Å². The number of hydrogen-bond acceptors (Lipinski definition) is 3. The van der Waals surface area contributed by atoms with E-state index in [-0.39, 0.29) is 4.93 Å². The third-order valence-electron chi connectivity index (χ3n) is 1.82. The average Bonchev–Trinajstić information content (AvgIpc) is 2.62. The number of thioether (sulfide) groups is 1. The maximum atomic E-state index is 5.57. The van der Waals surface area contributed by atoms with Gasteiger partial charge < -0.3 is 10.5 Å². The summed E-state index contributed by atoms with van der Waals surface area (Å²) in [5.41, 5.74) is 6.42. The normalized spacial score (nSPS) is 42.5. The van der Waals surface area contributed by atoms with E-state index in [1.807, 2.05) is 18.2 Å². The van der Waals surface area contributed by atoms with Crippen LogP contribution in [-0.2, 0) is 4.74 Å². The van der Waals surface area contributed by atoms with E-state index < -0.39 is 0 Å². The van der Waals surface area contributed by atoms with Gasteiger partial charge in [0.2, 0.25) is 0 Å². The summed E-state index contributed by atoms with van der Waals surface area (Å²) < 4.78 is 5.28. The molecule has 54 valence electrons. The molecule has 0 bridgehead atoms. The molecule has 1 heterocycles. The van der Waals surface area contributed by atoms with Crippen molar-refractivity contribution in [3.63, 3.8) is 0 Å². The summed E-state index contributed by atoms with van der Waals surface area (Å²) in [5.74, 6) is 0. The van der Waals surface area contributed by atoms with E-state index in [1.54, 1.807) is 18.9 Å². The van der Waals surface area contributed by atoms with Gasteiger partial charge in [-0.3, -0.25) is 0 Å². The summed E-state index contributed by atoms with van der Waals surface area (Å²) in [6.45, 7) is 0. The lowest BCUT2D eigenvalue weighted by atomic mass is 10.1. The summed E-state index contributed by atoms with van der Waals surface area (Å²) in [7, 11) is 1.73. The van der Waals surface area contributed by atoms with Crippen LogP contribution < -0.4 is 5.73 Å². The van der Waals surface area contributed by atoms with Gasteiger partial charge in [0, 0.05) is 12.8 Å². The molecule has 10 heavy (non-hydrogen) atoms. The molecular formula is C7H9NOS. The van der Waals surface area contributed by atoms with Crippen LogP contribution in [0.4, 0.5) is 0 Å². The molecule has 1 fully saturated rings. The Kier molecular flexibility index (Phi) is 1.13. The molecule has 1 aliphatic carbocycles. The topological polar surface area (TPSA) is 35.2 Å². The molecule has 2 aliphatic rings. The van der Waals surface area contributed by atoms with Crippen molar-refractivity contribution >= 4 is 11.8 Å². The zero-order valence-electron chi connectivity index (χ0n) is 5.70. The Morgan fingerprint density at radius 3 is 3.20 bits per heavy atom. The Morgan fingerprint density at radius 2 is 2.60 bits per heavy atom. The highest BCUT2D eigenvalue weighted by molar-refractivity contribution is 8.08. The number of methoxy groups -OCH3 is 1. The lowest BCUT2D eigenvalue weighted by molar-refractivity contribution is 0.143. The van der Waals surface area contributed by atoms with E-state index in [0.29, 0.717) is 5.25 Å². The maximum absolute atomic E-state index is 5.57.